The van der Waals surface area contributed by atoms with Gasteiger partial charge in [-0.3, -0.25) is 0 Å². The molecule has 0 saturated heterocycles. The first-order chi connectivity index (χ1) is 10.3. The summed E-state index contributed by atoms with van der Waals surface area (Å²) in [5.74, 6) is -5.99. The first kappa shape index (κ1) is 18.1. The molecule has 0 aromatic heterocycles. The Hall–Kier alpha value is -1.25. The molecule has 2 fully saturated rings. The third-order valence-corrected chi connectivity index (χ3v) is 4.96. The lowest BCUT2D eigenvalue weighted by Gasteiger charge is -2.41. The van der Waals surface area contributed by atoms with E-state index in [9.17, 15) is 40.9 Å². The van der Waals surface area contributed by atoms with Crippen molar-refractivity contribution in [3.05, 3.63) is 24.2 Å². The first-order valence-electron chi connectivity index (χ1n) is 6.90. The van der Waals surface area contributed by atoms with Gasteiger partial charge in [0.15, 0.2) is 5.83 Å². The number of allylic oxidation sites excluding steroid dienone is 2. The number of rotatable bonds is 3. The van der Waals surface area contributed by atoms with E-state index in [0.717, 1.165) is 6.08 Å². The summed E-state index contributed by atoms with van der Waals surface area (Å²) in [6.45, 7) is 2.86. The van der Waals surface area contributed by atoms with E-state index in [2.05, 4.69) is 6.58 Å². The van der Waals surface area contributed by atoms with Crippen LogP contribution in [0, 0.1) is 23.7 Å². The maximum atomic E-state index is 12.9. The number of aliphatic hydroxyl groups is 2. The minimum Gasteiger partial charge on any atom is -0.505 e. The number of alkyl halides is 6. The summed E-state index contributed by atoms with van der Waals surface area (Å²) in [5, 5.41) is 18.8. The molecule has 0 aromatic rings. The fourth-order valence-electron chi connectivity index (χ4n) is 3.91. The van der Waals surface area contributed by atoms with E-state index in [4.69, 9.17) is 0 Å². The Morgan fingerprint density at radius 2 is 1.48 bits per heavy atom. The molecule has 0 aliphatic heterocycles. The molecular formula is C14H15F7O2. The monoisotopic (exact) mass is 348 g/mol. The molecule has 0 amide bonds. The molecule has 2 N–H and O–H groups in total. The van der Waals surface area contributed by atoms with Crippen molar-refractivity contribution in [1.82, 2.24) is 0 Å². The number of halogens is 7. The molecule has 4 atom stereocenters. The summed E-state index contributed by atoms with van der Waals surface area (Å²) in [4.78, 5) is 0. The fraction of sp³-hybridized carbons (Fsp3) is 0.714. The zero-order valence-electron chi connectivity index (χ0n) is 11.8. The molecule has 0 spiro atoms. The number of hydrogen-bond donors (Lipinski definition) is 2. The van der Waals surface area contributed by atoms with E-state index in [-0.39, 0.29) is 12.8 Å². The Bertz CT molecular complexity index is 506. The van der Waals surface area contributed by atoms with Crippen molar-refractivity contribution in [3.63, 3.8) is 0 Å². The maximum absolute atomic E-state index is 12.9. The average molecular weight is 348 g/mol. The van der Waals surface area contributed by atoms with Gasteiger partial charge in [-0.05, 0) is 43.1 Å². The smallest absolute Gasteiger partial charge is 0.426 e. The van der Waals surface area contributed by atoms with Crippen molar-refractivity contribution in [2.24, 2.45) is 23.7 Å². The average Bonchev–Trinajstić information content (AvgIpc) is 2.94. The van der Waals surface area contributed by atoms with E-state index in [0.29, 0.717) is 0 Å². The molecule has 2 rings (SSSR count). The van der Waals surface area contributed by atoms with Gasteiger partial charge in [0, 0.05) is 5.92 Å². The fourth-order valence-corrected chi connectivity index (χ4v) is 3.91. The predicted octanol–water partition coefficient (Wildman–Crippen LogP) is 4.43. The van der Waals surface area contributed by atoms with Crippen molar-refractivity contribution in [3.8, 4) is 0 Å². The standard InChI is InChI=1S/C14H15F7O2/c1-6(15)11(22)5-8-3-9-2-7(8)4-10(9)12(23,13(16,17)18)14(19,20)21/h5,7-10,22-23H,1-4H2/b11-5-. The SMILES string of the molecule is C=C(F)/C(O)=C/C1CC2CC1CC2C(O)(C(F)(F)F)C(F)(F)F. The summed E-state index contributed by atoms with van der Waals surface area (Å²) in [7, 11) is 0. The van der Waals surface area contributed by atoms with E-state index in [1.54, 1.807) is 0 Å². The quantitative estimate of drug-likeness (QED) is 0.450. The molecule has 132 valence electrons. The Labute approximate surface area is 127 Å². The number of hydrogen-bond acceptors (Lipinski definition) is 2. The second kappa shape index (κ2) is 5.39. The van der Waals surface area contributed by atoms with Gasteiger partial charge < -0.3 is 10.2 Å². The normalized spacial score (nSPS) is 32.4. The van der Waals surface area contributed by atoms with Crippen LogP contribution in [0.1, 0.15) is 19.3 Å². The van der Waals surface area contributed by atoms with Crippen LogP contribution in [-0.4, -0.2) is 28.2 Å². The molecule has 23 heavy (non-hydrogen) atoms. The van der Waals surface area contributed by atoms with Gasteiger partial charge in [-0.1, -0.05) is 6.58 Å². The van der Waals surface area contributed by atoms with Crippen LogP contribution in [0.15, 0.2) is 24.2 Å². The molecule has 2 aliphatic carbocycles. The Morgan fingerprint density at radius 1 is 0.957 bits per heavy atom. The van der Waals surface area contributed by atoms with Crippen LogP contribution in [-0.2, 0) is 0 Å². The van der Waals surface area contributed by atoms with Crippen LogP contribution in [0.25, 0.3) is 0 Å². The van der Waals surface area contributed by atoms with Crippen molar-refractivity contribution in [2.45, 2.75) is 37.2 Å². The van der Waals surface area contributed by atoms with E-state index in [1.807, 2.05) is 0 Å². The maximum Gasteiger partial charge on any atom is 0.426 e. The molecule has 4 unspecified atom stereocenters. The lowest BCUT2D eigenvalue weighted by atomic mass is 9.72. The topological polar surface area (TPSA) is 40.5 Å². The van der Waals surface area contributed by atoms with Crippen molar-refractivity contribution in [1.29, 1.82) is 0 Å². The highest BCUT2D eigenvalue weighted by Crippen LogP contribution is 2.61. The van der Waals surface area contributed by atoms with Crippen molar-refractivity contribution < 1.29 is 40.9 Å². The molecule has 0 aromatic carbocycles. The zero-order valence-corrected chi connectivity index (χ0v) is 11.8. The Balaban J connectivity index is 2.24. The highest BCUT2D eigenvalue weighted by molar-refractivity contribution is 5.19. The van der Waals surface area contributed by atoms with Gasteiger partial charge in [0.2, 0.25) is 0 Å². The van der Waals surface area contributed by atoms with Crippen molar-refractivity contribution >= 4 is 0 Å². The molecule has 2 nitrogen and oxygen atoms in total. The molecule has 2 aliphatic rings. The molecule has 2 bridgehead atoms. The van der Waals surface area contributed by atoms with Crippen LogP contribution in [0.3, 0.4) is 0 Å². The summed E-state index contributed by atoms with van der Waals surface area (Å²) in [6.07, 6.45) is -11.1. The van der Waals surface area contributed by atoms with Crippen LogP contribution < -0.4 is 0 Å². The number of fused-ring (bicyclic) bond motifs is 2. The van der Waals surface area contributed by atoms with Gasteiger partial charge in [0.05, 0.1) is 0 Å². The Kier molecular flexibility index (Phi) is 4.24. The highest BCUT2D eigenvalue weighted by Gasteiger charge is 2.76. The molecule has 0 heterocycles. The summed E-state index contributed by atoms with van der Waals surface area (Å²) in [6, 6.07) is 0. The summed E-state index contributed by atoms with van der Waals surface area (Å²) >= 11 is 0. The lowest BCUT2D eigenvalue weighted by Crippen LogP contribution is -2.62. The first-order valence-corrected chi connectivity index (χ1v) is 6.90. The van der Waals surface area contributed by atoms with E-state index in [1.165, 1.54) is 0 Å². The van der Waals surface area contributed by atoms with Gasteiger partial charge in [-0.15, -0.1) is 0 Å². The van der Waals surface area contributed by atoms with Gasteiger partial charge in [-0.25, -0.2) is 4.39 Å². The minimum absolute atomic E-state index is 0.0619. The van der Waals surface area contributed by atoms with Crippen LogP contribution in [0.5, 0.6) is 0 Å². The minimum atomic E-state index is -5.83. The Morgan fingerprint density at radius 3 is 1.83 bits per heavy atom. The van der Waals surface area contributed by atoms with Crippen LogP contribution in [0.2, 0.25) is 0 Å². The lowest BCUT2D eigenvalue weighted by molar-refractivity contribution is -0.389. The van der Waals surface area contributed by atoms with Crippen LogP contribution in [0.4, 0.5) is 30.7 Å². The second-order valence-corrected chi connectivity index (χ2v) is 6.22. The highest BCUT2D eigenvalue weighted by atomic mass is 19.4. The zero-order chi connectivity index (χ0) is 17.8. The van der Waals surface area contributed by atoms with Gasteiger partial charge >= 0.3 is 12.4 Å². The third-order valence-electron chi connectivity index (χ3n) is 4.96. The number of aliphatic hydroxyl groups excluding tert-OH is 1. The third kappa shape index (κ3) is 2.83. The molecule has 9 heteroatoms. The summed E-state index contributed by atoms with van der Waals surface area (Å²) in [5.41, 5.74) is -4.75. The summed E-state index contributed by atoms with van der Waals surface area (Å²) < 4.78 is 90.2. The predicted molar refractivity (Wildman–Crippen MR) is 65.8 cm³/mol. The van der Waals surface area contributed by atoms with Crippen LogP contribution >= 0.6 is 0 Å². The van der Waals surface area contributed by atoms with E-state index >= 15 is 0 Å². The molecular weight excluding hydrogens is 333 g/mol. The largest absolute Gasteiger partial charge is 0.505 e. The van der Waals surface area contributed by atoms with Crippen molar-refractivity contribution in [2.75, 3.05) is 0 Å². The van der Waals surface area contributed by atoms with Gasteiger partial charge in [-0.2, -0.15) is 26.3 Å². The van der Waals surface area contributed by atoms with E-state index < -0.39 is 59.6 Å². The van der Waals surface area contributed by atoms with Gasteiger partial charge in [0.25, 0.3) is 5.60 Å². The molecule has 0 radical (unpaired) electrons. The molecule has 2 saturated carbocycles. The second-order valence-electron chi connectivity index (χ2n) is 6.22. The van der Waals surface area contributed by atoms with Gasteiger partial charge in [0.1, 0.15) is 5.76 Å².